The van der Waals surface area contributed by atoms with E-state index in [0.717, 1.165) is 15.8 Å². The number of nitrogens with zero attached hydrogens (tertiary/aromatic N) is 2. The summed E-state index contributed by atoms with van der Waals surface area (Å²) >= 11 is 3.44. The molecule has 2 heterocycles. The summed E-state index contributed by atoms with van der Waals surface area (Å²) in [4.78, 5) is 41.5. The highest BCUT2D eigenvalue weighted by atomic mass is 79.9. The SMILES string of the molecule is O=C(Nc1ccccc1Br)C1CCN(C(=O)C2CC(=O)N(c3ccccc3)C2)CC1. The zero-order valence-electron chi connectivity index (χ0n) is 16.6. The lowest BCUT2D eigenvalue weighted by Gasteiger charge is -2.33. The molecule has 0 spiro atoms. The average Bonchev–Trinajstić information content (AvgIpc) is 3.17. The first-order chi connectivity index (χ1) is 14.5. The van der Waals surface area contributed by atoms with Crippen molar-refractivity contribution in [1.29, 1.82) is 0 Å². The monoisotopic (exact) mass is 469 g/mol. The molecule has 1 atom stereocenters. The zero-order chi connectivity index (χ0) is 21.1. The first-order valence-electron chi connectivity index (χ1n) is 10.2. The number of carbonyl (C=O) groups is 3. The molecule has 0 saturated carbocycles. The number of likely N-dealkylation sites (tertiary alicyclic amines) is 1. The lowest BCUT2D eigenvalue weighted by Crippen LogP contribution is -2.44. The van der Waals surface area contributed by atoms with Crippen molar-refractivity contribution in [3.63, 3.8) is 0 Å². The molecule has 0 aromatic heterocycles. The largest absolute Gasteiger partial charge is 0.342 e. The minimum absolute atomic E-state index is 0.0118. The van der Waals surface area contributed by atoms with Crippen molar-refractivity contribution in [3.8, 4) is 0 Å². The van der Waals surface area contributed by atoms with Crippen LogP contribution in [-0.4, -0.2) is 42.3 Å². The number of para-hydroxylation sites is 2. The molecule has 3 amide bonds. The molecule has 2 saturated heterocycles. The van der Waals surface area contributed by atoms with Crippen molar-refractivity contribution < 1.29 is 14.4 Å². The minimum atomic E-state index is -0.316. The molecule has 1 N–H and O–H groups in total. The number of rotatable bonds is 4. The summed E-state index contributed by atoms with van der Waals surface area (Å²) in [6.07, 6.45) is 1.51. The second-order valence-corrected chi connectivity index (χ2v) is 8.66. The van der Waals surface area contributed by atoms with Gasteiger partial charge in [-0.1, -0.05) is 30.3 Å². The Morgan fingerprint density at radius 2 is 1.60 bits per heavy atom. The Hall–Kier alpha value is -2.67. The van der Waals surface area contributed by atoms with Crippen LogP contribution in [0.4, 0.5) is 11.4 Å². The molecule has 2 aromatic rings. The molecule has 0 aliphatic carbocycles. The van der Waals surface area contributed by atoms with E-state index < -0.39 is 0 Å². The van der Waals surface area contributed by atoms with Crippen molar-refractivity contribution in [2.24, 2.45) is 11.8 Å². The van der Waals surface area contributed by atoms with E-state index in [9.17, 15) is 14.4 Å². The fraction of sp³-hybridized carbons (Fsp3) is 0.348. The van der Waals surface area contributed by atoms with Crippen LogP contribution in [0.25, 0.3) is 0 Å². The number of halogens is 1. The van der Waals surface area contributed by atoms with Gasteiger partial charge in [0.15, 0.2) is 0 Å². The molecule has 7 heteroatoms. The molecule has 0 bridgehead atoms. The molecule has 4 rings (SSSR count). The predicted octanol–water partition coefficient (Wildman–Crippen LogP) is 3.68. The molecule has 30 heavy (non-hydrogen) atoms. The van der Waals surface area contributed by atoms with Crippen LogP contribution in [0.1, 0.15) is 19.3 Å². The molecule has 2 fully saturated rings. The van der Waals surface area contributed by atoms with Gasteiger partial charge >= 0.3 is 0 Å². The molecule has 1 unspecified atom stereocenters. The van der Waals surface area contributed by atoms with Gasteiger partial charge < -0.3 is 15.1 Å². The quantitative estimate of drug-likeness (QED) is 0.742. The molecular formula is C23H24BrN3O3. The number of benzene rings is 2. The van der Waals surface area contributed by atoms with E-state index in [4.69, 9.17) is 0 Å². The fourth-order valence-corrected chi connectivity index (χ4v) is 4.53. The van der Waals surface area contributed by atoms with E-state index in [1.165, 1.54) is 0 Å². The Morgan fingerprint density at radius 1 is 0.933 bits per heavy atom. The minimum Gasteiger partial charge on any atom is -0.342 e. The van der Waals surface area contributed by atoms with Gasteiger partial charge in [-0.2, -0.15) is 0 Å². The van der Waals surface area contributed by atoms with Crippen LogP contribution in [0.3, 0.4) is 0 Å². The summed E-state index contributed by atoms with van der Waals surface area (Å²) in [6.45, 7) is 1.51. The van der Waals surface area contributed by atoms with Gasteiger partial charge in [0.2, 0.25) is 17.7 Å². The van der Waals surface area contributed by atoms with Crippen LogP contribution < -0.4 is 10.2 Å². The first-order valence-corrected chi connectivity index (χ1v) is 11.0. The van der Waals surface area contributed by atoms with Crippen LogP contribution in [-0.2, 0) is 14.4 Å². The number of nitrogens with one attached hydrogen (secondary N) is 1. The number of hydrogen-bond donors (Lipinski definition) is 1. The maximum Gasteiger partial charge on any atom is 0.228 e. The normalized spacial score (nSPS) is 19.8. The number of piperidine rings is 1. The Morgan fingerprint density at radius 3 is 2.30 bits per heavy atom. The Balaban J connectivity index is 1.31. The number of carbonyl (C=O) groups excluding carboxylic acids is 3. The summed E-state index contributed by atoms with van der Waals surface area (Å²) in [6, 6.07) is 17.0. The second kappa shape index (κ2) is 9.00. The van der Waals surface area contributed by atoms with Gasteiger partial charge in [-0.05, 0) is 53.0 Å². The van der Waals surface area contributed by atoms with Gasteiger partial charge in [0.25, 0.3) is 0 Å². The van der Waals surface area contributed by atoms with E-state index in [1.807, 2.05) is 59.5 Å². The number of hydrogen-bond acceptors (Lipinski definition) is 3. The fourth-order valence-electron chi connectivity index (χ4n) is 4.15. The van der Waals surface area contributed by atoms with Crippen molar-refractivity contribution in [3.05, 3.63) is 59.1 Å². The zero-order valence-corrected chi connectivity index (χ0v) is 18.2. The van der Waals surface area contributed by atoms with Gasteiger partial charge in [-0.15, -0.1) is 0 Å². The van der Waals surface area contributed by atoms with Crippen molar-refractivity contribution >= 4 is 45.0 Å². The van der Waals surface area contributed by atoms with Crippen LogP contribution in [0.15, 0.2) is 59.1 Å². The van der Waals surface area contributed by atoms with Gasteiger partial charge in [0.1, 0.15) is 0 Å². The van der Waals surface area contributed by atoms with Gasteiger partial charge in [0.05, 0.1) is 11.6 Å². The molecule has 156 valence electrons. The lowest BCUT2D eigenvalue weighted by atomic mass is 9.94. The van der Waals surface area contributed by atoms with Gasteiger partial charge in [-0.25, -0.2) is 0 Å². The highest BCUT2D eigenvalue weighted by molar-refractivity contribution is 9.10. The van der Waals surface area contributed by atoms with Crippen molar-refractivity contribution in [2.45, 2.75) is 19.3 Å². The molecule has 2 aliphatic heterocycles. The Bertz CT molecular complexity index is 942. The third kappa shape index (κ3) is 4.41. The summed E-state index contributed by atoms with van der Waals surface area (Å²) in [5.74, 6) is -0.440. The van der Waals surface area contributed by atoms with Crippen molar-refractivity contribution in [2.75, 3.05) is 29.9 Å². The Kier molecular flexibility index (Phi) is 6.18. The molecule has 0 radical (unpaired) electrons. The number of amides is 3. The standard InChI is InChI=1S/C23H24BrN3O3/c24-19-8-4-5-9-20(19)25-22(29)16-10-12-26(13-11-16)23(30)17-14-21(28)27(15-17)18-6-2-1-3-7-18/h1-9,16-17H,10-15H2,(H,25,29). The van der Waals surface area contributed by atoms with E-state index in [0.29, 0.717) is 32.5 Å². The molecule has 2 aromatic carbocycles. The summed E-state index contributed by atoms with van der Waals surface area (Å²) in [5, 5.41) is 2.97. The summed E-state index contributed by atoms with van der Waals surface area (Å²) in [5.41, 5.74) is 1.59. The van der Waals surface area contributed by atoms with Crippen LogP contribution in [0, 0.1) is 11.8 Å². The molecule has 2 aliphatic rings. The Labute approximate surface area is 184 Å². The van der Waals surface area contributed by atoms with Crippen LogP contribution in [0.5, 0.6) is 0 Å². The molecule has 6 nitrogen and oxygen atoms in total. The highest BCUT2D eigenvalue weighted by Crippen LogP contribution is 2.29. The highest BCUT2D eigenvalue weighted by Gasteiger charge is 2.38. The first kappa shape index (κ1) is 20.6. The van der Waals surface area contributed by atoms with E-state index in [2.05, 4.69) is 21.2 Å². The van der Waals surface area contributed by atoms with Crippen LogP contribution >= 0.6 is 15.9 Å². The molecular weight excluding hydrogens is 446 g/mol. The predicted molar refractivity (Wildman–Crippen MR) is 119 cm³/mol. The van der Waals surface area contributed by atoms with Crippen molar-refractivity contribution in [1.82, 2.24) is 4.90 Å². The van der Waals surface area contributed by atoms with Gasteiger partial charge in [-0.3, -0.25) is 14.4 Å². The smallest absolute Gasteiger partial charge is 0.228 e. The third-order valence-electron chi connectivity index (χ3n) is 5.85. The third-order valence-corrected chi connectivity index (χ3v) is 6.54. The summed E-state index contributed by atoms with van der Waals surface area (Å²) in [7, 11) is 0. The van der Waals surface area contributed by atoms with E-state index in [1.54, 1.807) is 4.90 Å². The second-order valence-electron chi connectivity index (χ2n) is 7.81. The topological polar surface area (TPSA) is 69.7 Å². The van der Waals surface area contributed by atoms with Gasteiger partial charge in [0, 0.05) is 42.1 Å². The maximum absolute atomic E-state index is 13.0. The average molecular weight is 470 g/mol. The van der Waals surface area contributed by atoms with E-state index >= 15 is 0 Å². The summed E-state index contributed by atoms with van der Waals surface area (Å²) < 4.78 is 0.847. The maximum atomic E-state index is 13.0. The number of anilines is 2. The lowest BCUT2D eigenvalue weighted by molar-refractivity contribution is -0.138. The van der Waals surface area contributed by atoms with E-state index in [-0.39, 0.29) is 36.0 Å². The van der Waals surface area contributed by atoms with Crippen LogP contribution in [0.2, 0.25) is 0 Å².